The van der Waals surface area contributed by atoms with Crippen molar-refractivity contribution >= 4 is 25.7 Å². The zero-order chi connectivity index (χ0) is 45.9. The van der Waals surface area contributed by atoms with Gasteiger partial charge in [-0.1, -0.05) is 163 Å². The summed E-state index contributed by atoms with van der Waals surface area (Å²) in [4.78, 5) is 46.0. The fourth-order valence-corrected chi connectivity index (χ4v) is 6.46. The number of carbonyl (C=O) groups is 3. The van der Waals surface area contributed by atoms with Crippen LogP contribution < -0.4 is 5.73 Å². The van der Waals surface area contributed by atoms with Gasteiger partial charge >= 0.3 is 25.7 Å². The smallest absolute Gasteiger partial charge is 0.472 e. The Bertz CT molecular complexity index is 1410. The largest absolute Gasteiger partial charge is 0.480 e. The summed E-state index contributed by atoms with van der Waals surface area (Å²) in [6, 6.07) is -1.56. The topological polar surface area (TPSA) is 212 Å². The Hall–Kier alpha value is -3.42. The molecule has 62 heavy (non-hydrogen) atoms. The highest BCUT2D eigenvalue weighted by atomic mass is 31.2. The molecule has 0 aromatic carbocycles. The van der Waals surface area contributed by atoms with E-state index in [0.717, 1.165) is 38.5 Å². The van der Waals surface area contributed by atoms with E-state index in [4.69, 9.17) is 24.8 Å². The molecule has 5 atom stereocenters. The third kappa shape index (κ3) is 40.6. The minimum absolute atomic E-state index is 0.0305. The second-order valence-corrected chi connectivity index (χ2v) is 16.7. The normalized spacial score (nSPS) is 15.5. The molecule has 0 fully saturated rings. The number of aliphatic hydroxyl groups excluding tert-OH is 2. The van der Waals surface area contributed by atoms with Gasteiger partial charge in [0.15, 0.2) is 6.10 Å². The summed E-state index contributed by atoms with van der Waals surface area (Å²) in [5.74, 6) is -2.60. The summed E-state index contributed by atoms with van der Waals surface area (Å²) < 4.78 is 32.6. The highest BCUT2D eigenvalue weighted by molar-refractivity contribution is 7.47. The first kappa shape index (κ1) is 58.6. The fourth-order valence-electron chi connectivity index (χ4n) is 5.68. The maximum Gasteiger partial charge on any atom is 0.472 e. The minimum Gasteiger partial charge on any atom is -0.480 e. The molecule has 0 rings (SSSR count). The number of carboxylic acid groups (broad SMARTS) is 1. The zero-order valence-electron chi connectivity index (χ0n) is 37.6. The molecule has 0 saturated heterocycles. The highest BCUT2D eigenvalue weighted by Crippen LogP contribution is 2.43. The first-order chi connectivity index (χ1) is 29.9. The molecule has 0 aliphatic heterocycles. The van der Waals surface area contributed by atoms with Crippen LogP contribution in [-0.4, -0.2) is 82.3 Å². The number of phosphoric ester groups is 1. The van der Waals surface area contributed by atoms with E-state index in [-0.39, 0.29) is 12.8 Å². The van der Waals surface area contributed by atoms with E-state index >= 15 is 0 Å². The average molecular weight is 894 g/mol. The monoisotopic (exact) mass is 894 g/mol. The van der Waals surface area contributed by atoms with Crippen molar-refractivity contribution in [3.8, 4) is 0 Å². The van der Waals surface area contributed by atoms with Gasteiger partial charge in [-0.25, -0.2) is 4.57 Å². The summed E-state index contributed by atoms with van der Waals surface area (Å²) in [7, 11) is -4.77. The van der Waals surface area contributed by atoms with Crippen LogP contribution in [0.1, 0.15) is 155 Å². The second kappa shape index (κ2) is 41.6. The zero-order valence-corrected chi connectivity index (χ0v) is 38.5. The highest BCUT2D eigenvalue weighted by Gasteiger charge is 2.28. The molecule has 0 aromatic rings. The number of esters is 2. The van der Waals surface area contributed by atoms with Gasteiger partial charge in [0, 0.05) is 12.8 Å². The molecule has 0 aliphatic rings. The van der Waals surface area contributed by atoms with Crippen LogP contribution >= 0.6 is 7.82 Å². The Balaban J connectivity index is 4.59. The van der Waals surface area contributed by atoms with E-state index < -0.39 is 69.9 Å². The maximum absolute atomic E-state index is 12.6. The number of rotatable bonds is 41. The number of ether oxygens (including phenoxy) is 2. The molecule has 0 bridgehead atoms. The van der Waals surface area contributed by atoms with Gasteiger partial charge in [-0.05, 0) is 64.2 Å². The molecule has 0 heterocycles. The lowest BCUT2D eigenvalue weighted by Crippen LogP contribution is -2.34. The van der Waals surface area contributed by atoms with Crippen molar-refractivity contribution in [2.45, 2.75) is 179 Å². The van der Waals surface area contributed by atoms with Crippen molar-refractivity contribution in [2.75, 3.05) is 19.8 Å². The fraction of sp³-hybridized carbons (Fsp3) is 0.646. The van der Waals surface area contributed by atoms with E-state index in [1.165, 1.54) is 57.8 Å². The first-order valence-corrected chi connectivity index (χ1v) is 24.3. The van der Waals surface area contributed by atoms with E-state index in [9.17, 15) is 34.1 Å². The van der Waals surface area contributed by atoms with Gasteiger partial charge in [0.2, 0.25) is 0 Å². The molecular formula is C48H80NO12P. The number of phosphoric acid groups is 1. The van der Waals surface area contributed by atoms with Crippen molar-refractivity contribution in [1.29, 1.82) is 0 Å². The van der Waals surface area contributed by atoms with Crippen LogP contribution in [0, 0.1) is 0 Å². The van der Waals surface area contributed by atoms with E-state index in [1.54, 1.807) is 30.4 Å². The van der Waals surface area contributed by atoms with Gasteiger partial charge < -0.3 is 35.4 Å². The van der Waals surface area contributed by atoms with Gasteiger partial charge in [-0.15, -0.1) is 0 Å². The summed E-state index contributed by atoms with van der Waals surface area (Å²) in [6.45, 7) is 2.40. The first-order valence-electron chi connectivity index (χ1n) is 22.8. The van der Waals surface area contributed by atoms with Gasteiger partial charge in [0.1, 0.15) is 12.6 Å². The molecule has 0 aromatic heterocycles. The molecule has 13 nitrogen and oxygen atoms in total. The molecule has 0 aliphatic carbocycles. The van der Waals surface area contributed by atoms with Crippen molar-refractivity contribution < 1.29 is 57.7 Å². The van der Waals surface area contributed by atoms with Crippen LogP contribution in [0.5, 0.6) is 0 Å². The molecule has 0 spiro atoms. The number of unbranched alkanes of at least 4 members (excludes halogenated alkanes) is 14. The lowest BCUT2D eigenvalue weighted by Gasteiger charge is -2.20. The number of aliphatic hydroxyl groups is 2. The molecule has 0 radical (unpaired) electrons. The predicted molar refractivity (Wildman–Crippen MR) is 247 cm³/mol. The van der Waals surface area contributed by atoms with Gasteiger partial charge in [0.25, 0.3) is 0 Å². The summed E-state index contributed by atoms with van der Waals surface area (Å²) in [5, 5.41) is 28.9. The standard InChI is InChI=1S/C48H80NO12P/c1-3-5-7-8-9-10-11-12-13-14-15-16-17-18-22-25-31-38-47(53)61-44(40-59-62(56,57)60-41-45(49)48(54)55)39-58-46(52)37-32-26-30-36-43(51)35-29-24-21-19-20-23-28-34-42(50)33-27-6-4-2/h6,12-13,20-21,23-24,27-30,34-36,42-45,50-51H,3-5,7-11,14-19,22,25-26,31-33,37-41,49H2,1-2H3,(H,54,55)(H,56,57)/b13-12-,23-20-,24-21-,27-6-,34-28+,35-29+,36-30-/t42-,43-,44-,45+/m1/s1. The summed E-state index contributed by atoms with van der Waals surface area (Å²) in [6.07, 6.45) is 44.3. The van der Waals surface area contributed by atoms with Crippen LogP contribution in [-0.2, 0) is 37.5 Å². The molecule has 6 N–H and O–H groups in total. The number of carboxylic acids is 1. The lowest BCUT2D eigenvalue weighted by atomic mass is 10.1. The quantitative estimate of drug-likeness (QED) is 0.0127. The van der Waals surface area contributed by atoms with E-state index in [0.29, 0.717) is 32.1 Å². The number of allylic oxidation sites excluding steroid dienone is 10. The molecular weight excluding hydrogens is 813 g/mol. The number of carbonyl (C=O) groups excluding carboxylic acids is 2. The van der Waals surface area contributed by atoms with Crippen molar-refractivity contribution in [2.24, 2.45) is 5.73 Å². The average Bonchev–Trinajstić information content (AvgIpc) is 3.24. The van der Waals surface area contributed by atoms with E-state index in [2.05, 4.69) is 23.6 Å². The summed E-state index contributed by atoms with van der Waals surface area (Å²) in [5.41, 5.74) is 5.33. The SMILES string of the molecule is CC/C=C\C[C@@H](O)/C=C/C=C\C/C=C\C=C\[C@@H](O)/C=C\CCCC(=O)OC[C@H](COP(=O)(O)OC[C@H](N)C(=O)O)OC(=O)CCCCCCCCC/C=C\CCCCCCCC. The van der Waals surface area contributed by atoms with Crippen molar-refractivity contribution in [3.63, 3.8) is 0 Å². The van der Waals surface area contributed by atoms with Crippen molar-refractivity contribution in [3.05, 3.63) is 85.1 Å². The van der Waals surface area contributed by atoms with Gasteiger partial charge in [-0.2, -0.15) is 0 Å². The summed E-state index contributed by atoms with van der Waals surface area (Å²) >= 11 is 0. The Morgan fingerprint density at radius 1 is 0.613 bits per heavy atom. The third-order valence-corrected chi connectivity index (χ3v) is 10.3. The Morgan fingerprint density at radius 3 is 1.81 bits per heavy atom. The molecule has 0 saturated carbocycles. The third-order valence-electron chi connectivity index (χ3n) is 9.30. The Kier molecular flexibility index (Phi) is 39.3. The molecule has 14 heteroatoms. The van der Waals surface area contributed by atoms with E-state index in [1.807, 2.05) is 49.5 Å². The minimum atomic E-state index is -4.77. The number of nitrogens with two attached hydrogens (primary N) is 1. The van der Waals surface area contributed by atoms with Crippen LogP contribution in [0.4, 0.5) is 0 Å². The van der Waals surface area contributed by atoms with Crippen LogP contribution in [0.15, 0.2) is 85.1 Å². The molecule has 1 unspecified atom stereocenters. The van der Waals surface area contributed by atoms with Crippen molar-refractivity contribution in [1.82, 2.24) is 0 Å². The lowest BCUT2D eigenvalue weighted by molar-refractivity contribution is -0.161. The van der Waals surface area contributed by atoms with Crippen LogP contribution in [0.25, 0.3) is 0 Å². The van der Waals surface area contributed by atoms with Crippen LogP contribution in [0.2, 0.25) is 0 Å². The maximum atomic E-state index is 12.6. The Labute approximate surface area is 372 Å². The number of hydrogen-bond donors (Lipinski definition) is 5. The second-order valence-electron chi connectivity index (χ2n) is 15.2. The Morgan fingerprint density at radius 2 is 1.18 bits per heavy atom. The van der Waals surface area contributed by atoms with Gasteiger partial charge in [-0.3, -0.25) is 23.4 Å². The number of aliphatic carboxylic acids is 1. The predicted octanol–water partition coefficient (Wildman–Crippen LogP) is 10.2. The molecule has 0 amide bonds. The molecule has 354 valence electrons. The van der Waals surface area contributed by atoms with Gasteiger partial charge in [0.05, 0.1) is 25.4 Å². The number of hydrogen-bond acceptors (Lipinski definition) is 11. The van der Waals surface area contributed by atoms with Crippen LogP contribution in [0.3, 0.4) is 0 Å².